The van der Waals surface area contributed by atoms with Crippen molar-refractivity contribution < 1.29 is 27.5 Å². The molecular weight excluding hydrogens is 274 g/mol. The van der Waals surface area contributed by atoms with Gasteiger partial charge in [-0.2, -0.15) is 4.31 Å². The fraction of sp³-hybridized carbons (Fsp3) is 0.818. The number of methoxy groups -OCH3 is 1. The van der Waals surface area contributed by atoms with Gasteiger partial charge in [0.25, 0.3) is 0 Å². The average Bonchev–Trinajstić information content (AvgIpc) is 2.36. The molecule has 0 aliphatic rings. The molecule has 0 aliphatic carbocycles. The van der Waals surface area contributed by atoms with E-state index in [-0.39, 0.29) is 31.9 Å². The Morgan fingerprint density at radius 2 is 1.79 bits per heavy atom. The molecule has 0 saturated carbocycles. The number of carbonyl (C=O) groups excluding carboxylic acids is 2. The third-order valence-corrected chi connectivity index (χ3v) is 4.09. The van der Waals surface area contributed by atoms with E-state index in [9.17, 15) is 18.0 Å². The van der Waals surface area contributed by atoms with E-state index >= 15 is 0 Å². The van der Waals surface area contributed by atoms with Crippen molar-refractivity contribution in [1.29, 1.82) is 0 Å². The van der Waals surface area contributed by atoms with Crippen molar-refractivity contribution in [2.75, 3.05) is 32.6 Å². The van der Waals surface area contributed by atoms with Crippen LogP contribution < -0.4 is 0 Å². The van der Waals surface area contributed by atoms with Crippen LogP contribution in [0.5, 0.6) is 0 Å². The lowest BCUT2D eigenvalue weighted by Gasteiger charge is -2.19. The third kappa shape index (κ3) is 7.12. The van der Waals surface area contributed by atoms with Crippen molar-refractivity contribution in [2.24, 2.45) is 0 Å². The van der Waals surface area contributed by atoms with E-state index in [1.54, 1.807) is 13.8 Å². The van der Waals surface area contributed by atoms with E-state index in [0.717, 1.165) is 4.31 Å². The van der Waals surface area contributed by atoms with E-state index < -0.39 is 22.0 Å². The molecule has 0 aromatic heterocycles. The van der Waals surface area contributed by atoms with Gasteiger partial charge in [0.05, 0.1) is 25.9 Å². The highest BCUT2D eigenvalue weighted by atomic mass is 32.2. The first kappa shape index (κ1) is 17.8. The maximum atomic E-state index is 12.0. The van der Waals surface area contributed by atoms with Crippen LogP contribution in [-0.2, 0) is 29.1 Å². The highest BCUT2D eigenvalue weighted by molar-refractivity contribution is 7.89. The lowest BCUT2D eigenvalue weighted by Crippen LogP contribution is -2.38. The molecule has 0 radical (unpaired) electrons. The van der Waals surface area contributed by atoms with Crippen molar-refractivity contribution in [3.05, 3.63) is 0 Å². The minimum Gasteiger partial charge on any atom is -0.468 e. The van der Waals surface area contributed by atoms with Crippen LogP contribution in [0.3, 0.4) is 0 Å². The van der Waals surface area contributed by atoms with E-state index in [2.05, 4.69) is 9.47 Å². The second-order valence-corrected chi connectivity index (χ2v) is 5.87. The first-order chi connectivity index (χ1) is 8.87. The summed E-state index contributed by atoms with van der Waals surface area (Å²) < 4.78 is 34.1. The summed E-state index contributed by atoms with van der Waals surface area (Å²) in [6.07, 6.45) is 0.340. The number of rotatable bonds is 9. The number of hydrogen-bond acceptors (Lipinski definition) is 6. The van der Waals surface area contributed by atoms with E-state index in [0.29, 0.717) is 6.42 Å². The van der Waals surface area contributed by atoms with Crippen molar-refractivity contribution in [2.45, 2.75) is 26.7 Å². The Kier molecular flexibility index (Phi) is 8.33. The summed E-state index contributed by atoms with van der Waals surface area (Å²) in [4.78, 5) is 22.3. The zero-order chi connectivity index (χ0) is 14.9. The Morgan fingerprint density at radius 1 is 1.16 bits per heavy atom. The molecule has 0 aliphatic heterocycles. The van der Waals surface area contributed by atoms with Crippen molar-refractivity contribution in [3.63, 3.8) is 0 Å². The highest BCUT2D eigenvalue weighted by Gasteiger charge is 2.25. The lowest BCUT2D eigenvalue weighted by atomic mass is 10.5. The van der Waals surface area contributed by atoms with Gasteiger partial charge in [0.1, 0.15) is 6.54 Å². The van der Waals surface area contributed by atoms with Crippen LogP contribution in [0.15, 0.2) is 0 Å². The Morgan fingerprint density at radius 3 is 2.26 bits per heavy atom. The Hall–Kier alpha value is -1.15. The van der Waals surface area contributed by atoms with Gasteiger partial charge in [-0.3, -0.25) is 9.59 Å². The van der Waals surface area contributed by atoms with Gasteiger partial charge in [-0.25, -0.2) is 8.42 Å². The summed E-state index contributed by atoms with van der Waals surface area (Å²) in [5.41, 5.74) is 0. The number of nitrogens with zero attached hydrogens (tertiary/aromatic N) is 1. The average molecular weight is 295 g/mol. The topological polar surface area (TPSA) is 90.0 Å². The standard InChI is InChI=1S/C11H21NO6S/c1-4-7-12(9-11(14)17-3)19(15,16)8-6-10(13)18-5-2/h4-9H2,1-3H3. The molecule has 0 aromatic rings. The predicted molar refractivity (Wildman–Crippen MR) is 68.9 cm³/mol. The maximum Gasteiger partial charge on any atom is 0.321 e. The van der Waals surface area contributed by atoms with Gasteiger partial charge >= 0.3 is 11.9 Å². The number of sulfonamides is 1. The highest BCUT2D eigenvalue weighted by Crippen LogP contribution is 2.06. The van der Waals surface area contributed by atoms with E-state index in [1.165, 1.54) is 7.11 Å². The van der Waals surface area contributed by atoms with Crippen LogP contribution in [0.25, 0.3) is 0 Å². The smallest absolute Gasteiger partial charge is 0.321 e. The van der Waals surface area contributed by atoms with Crippen molar-refractivity contribution >= 4 is 22.0 Å². The van der Waals surface area contributed by atoms with Gasteiger partial charge < -0.3 is 9.47 Å². The largest absolute Gasteiger partial charge is 0.468 e. The predicted octanol–water partition coefficient (Wildman–Crippen LogP) is 0.154. The van der Waals surface area contributed by atoms with Crippen LogP contribution in [0.2, 0.25) is 0 Å². The molecule has 0 aromatic carbocycles. The summed E-state index contributed by atoms with van der Waals surface area (Å²) in [6, 6.07) is 0. The third-order valence-electron chi connectivity index (χ3n) is 2.27. The number of hydrogen-bond donors (Lipinski definition) is 0. The summed E-state index contributed by atoms with van der Waals surface area (Å²) in [5.74, 6) is -1.57. The van der Waals surface area contributed by atoms with Crippen LogP contribution >= 0.6 is 0 Å². The summed E-state index contributed by atoms with van der Waals surface area (Å²) in [5, 5.41) is 0. The maximum absolute atomic E-state index is 12.0. The summed E-state index contributed by atoms with van der Waals surface area (Å²) in [6.45, 7) is 3.52. The van der Waals surface area contributed by atoms with Gasteiger partial charge in [-0.1, -0.05) is 6.92 Å². The Labute approximate surface area is 113 Å². The van der Waals surface area contributed by atoms with Crippen LogP contribution in [0.4, 0.5) is 0 Å². The van der Waals surface area contributed by atoms with Gasteiger partial charge in [-0.15, -0.1) is 0 Å². The van der Waals surface area contributed by atoms with Crippen LogP contribution in [0.1, 0.15) is 26.7 Å². The molecule has 0 N–H and O–H groups in total. The molecule has 7 nitrogen and oxygen atoms in total. The first-order valence-corrected chi connectivity index (χ1v) is 7.68. The molecule has 8 heteroatoms. The molecule has 0 unspecified atom stereocenters. The lowest BCUT2D eigenvalue weighted by molar-refractivity contribution is -0.142. The fourth-order valence-electron chi connectivity index (χ4n) is 1.35. The monoisotopic (exact) mass is 295 g/mol. The molecule has 0 fully saturated rings. The minimum absolute atomic E-state index is 0.208. The second-order valence-electron chi connectivity index (χ2n) is 3.78. The van der Waals surface area contributed by atoms with E-state index in [4.69, 9.17) is 0 Å². The summed E-state index contributed by atoms with van der Waals surface area (Å²) in [7, 11) is -2.48. The molecule has 0 heterocycles. The number of ether oxygens (including phenoxy) is 2. The van der Waals surface area contributed by atoms with Crippen LogP contribution in [0, 0.1) is 0 Å². The number of esters is 2. The van der Waals surface area contributed by atoms with Crippen molar-refractivity contribution in [3.8, 4) is 0 Å². The minimum atomic E-state index is -3.67. The van der Waals surface area contributed by atoms with Gasteiger partial charge in [0.15, 0.2) is 0 Å². The van der Waals surface area contributed by atoms with Gasteiger partial charge in [0, 0.05) is 6.54 Å². The molecule has 0 rings (SSSR count). The fourth-order valence-corrected chi connectivity index (χ4v) is 2.79. The molecule has 19 heavy (non-hydrogen) atoms. The Balaban J connectivity index is 4.61. The zero-order valence-corrected chi connectivity index (χ0v) is 12.4. The Bertz CT molecular complexity index is 392. The molecule has 0 saturated heterocycles. The SMILES string of the molecule is CCCN(CC(=O)OC)S(=O)(=O)CCC(=O)OCC. The molecule has 0 amide bonds. The second kappa shape index (κ2) is 8.87. The molecular formula is C11H21NO6S. The molecule has 112 valence electrons. The van der Waals surface area contributed by atoms with Crippen molar-refractivity contribution in [1.82, 2.24) is 4.31 Å². The molecule has 0 atom stereocenters. The van der Waals surface area contributed by atoms with Crippen LogP contribution in [-0.4, -0.2) is 57.2 Å². The van der Waals surface area contributed by atoms with E-state index in [1.807, 2.05) is 0 Å². The molecule has 0 bridgehead atoms. The van der Waals surface area contributed by atoms with Gasteiger partial charge in [0.2, 0.25) is 10.0 Å². The quantitative estimate of drug-likeness (QED) is 0.563. The zero-order valence-electron chi connectivity index (χ0n) is 11.5. The number of carbonyl (C=O) groups is 2. The first-order valence-electron chi connectivity index (χ1n) is 6.07. The van der Waals surface area contributed by atoms with Gasteiger partial charge in [-0.05, 0) is 13.3 Å². The normalized spacial score (nSPS) is 11.4. The molecule has 0 spiro atoms. The summed E-state index contributed by atoms with van der Waals surface area (Å²) >= 11 is 0.